The minimum Gasteiger partial charge on any atom is -0.324 e. The van der Waals surface area contributed by atoms with Crippen LogP contribution in [0.25, 0.3) is 5.69 Å². The molecule has 1 N–H and O–H groups in total. The summed E-state index contributed by atoms with van der Waals surface area (Å²) in [4.78, 5) is 18.9. The summed E-state index contributed by atoms with van der Waals surface area (Å²) in [5.41, 5.74) is 1.69. The molecule has 0 atom stereocenters. The average molecular weight is 484 g/mol. The predicted octanol–water partition coefficient (Wildman–Crippen LogP) is 3.75. The number of likely N-dealkylation sites (tertiary alicyclic amines) is 1. The first kappa shape index (κ1) is 22.4. The molecule has 2 aliphatic heterocycles. The van der Waals surface area contributed by atoms with Crippen molar-refractivity contribution in [2.45, 2.75) is 25.2 Å². The Labute approximate surface area is 198 Å². The maximum absolute atomic E-state index is 14.1. The van der Waals surface area contributed by atoms with E-state index in [0.717, 1.165) is 5.69 Å². The molecule has 8 nitrogen and oxygen atoms in total. The third-order valence-corrected chi connectivity index (χ3v) is 8.55. The van der Waals surface area contributed by atoms with E-state index in [0.29, 0.717) is 43.0 Å². The smallest absolute Gasteiger partial charge is 0.323 e. The van der Waals surface area contributed by atoms with Crippen molar-refractivity contribution in [3.8, 4) is 5.69 Å². The molecular formula is C24H26FN5O3S. The van der Waals surface area contributed by atoms with Gasteiger partial charge in [-0.25, -0.2) is 22.6 Å². The van der Waals surface area contributed by atoms with E-state index < -0.39 is 15.4 Å². The molecule has 1 fully saturated rings. The van der Waals surface area contributed by atoms with E-state index in [4.69, 9.17) is 0 Å². The van der Waals surface area contributed by atoms with Gasteiger partial charge >= 0.3 is 6.03 Å². The third-order valence-electron chi connectivity index (χ3n) is 6.83. The van der Waals surface area contributed by atoms with Crippen LogP contribution in [0, 0.1) is 5.82 Å². The van der Waals surface area contributed by atoms with Gasteiger partial charge in [-0.15, -0.1) is 0 Å². The number of halogens is 1. The lowest BCUT2D eigenvalue weighted by Gasteiger charge is -2.39. The summed E-state index contributed by atoms with van der Waals surface area (Å²) >= 11 is 0. The van der Waals surface area contributed by atoms with Gasteiger partial charge in [-0.05, 0) is 55.7 Å². The number of fused-ring (bicyclic) bond motifs is 2. The zero-order valence-corrected chi connectivity index (χ0v) is 19.6. The number of urea groups is 1. The largest absolute Gasteiger partial charge is 0.324 e. The summed E-state index contributed by atoms with van der Waals surface area (Å²) in [6.07, 6.45) is 4.49. The number of sulfonamides is 1. The summed E-state index contributed by atoms with van der Waals surface area (Å²) in [6.45, 7) is 2.75. The van der Waals surface area contributed by atoms with Crippen LogP contribution in [0.2, 0.25) is 0 Å². The monoisotopic (exact) mass is 483 g/mol. The van der Waals surface area contributed by atoms with Crippen molar-refractivity contribution in [1.82, 2.24) is 14.5 Å². The van der Waals surface area contributed by atoms with Crippen LogP contribution >= 0.6 is 0 Å². The van der Waals surface area contributed by atoms with Gasteiger partial charge in [0.15, 0.2) is 5.82 Å². The van der Waals surface area contributed by atoms with E-state index >= 15 is 0 Å². The Balaban J connectivity index is 1.30. The number of benzene rings is 2. The molecule has 2 amide bonds. The van der Waals surface area contributed by atoms with Crippen LogP contribution in [0.5, 0.6) is 0 Å². The fourth-order valence-corrected chi connectivity index (χ4v) is 6.10. The molecule has 2 aliphatic rings. The van der Waals surface area contributed by atoms with E-state index in [2.05, 4.69) is 10.3 Å². The molecule has 2 aromatic carbocycles. The van der Waals surface area contributed by atoms with Gasteiger partial charge in [-0.1, -0.05) is 18.2 Å². The maximum Gasteiger partial charge on any atom is 0.323 e. The number of hydrogen-bond donors (Lipinski definition) is 1. The van der Waals surface area contributed by atoms with Crippen LogP contribution in [0.3, 0.4) is 0 Å². The average Bonchev–Trinajstić information content (AvgIpc) is 3.43. The number of para-hydroxylation sites is 1. The molecule has 0 aliphatic carbocycles. The van der Waals surface area contributed by atoms with Gasteiger partial charge in [0.05, 0.1) is 17.6 Å². The molecule has 3 heterocycles. The Kier molecular flexibility index (Phi) is 5.55. The van der Waals surface area contributed by atoms with Gasteiger partial charge in [0.25, 0.3) is 0 Å². The first-order chi connectivity index (χ1) is 16.3. The van der Waals surface area contributed by atoms with E-state index in [1.165, 1.54) is 16.4 Å². The number of carbonyl (C=O) groups is 1. The van der Waals surface area contributed by atoms with E-state index in [1.54, 1.807) is 30.4 Å². The topological polar surface area (TPSA) is 87.5 Å². The lowest BCUT2D eigenvalue weighted by molar-refractivity contribution is 0.173. The van der Waals surface area contributed by atoms with Gasteiger partial charge in [0.1, 0.15) is 12.1 Å². The van der Waals surface area contributed by atoms with Crippen LogP contribution in [0.15, 0.2) is 61.1 Å². The summed E-state index contributed by atoms with van der Waals surface area (Å²) in [5, 5.41) is 2.84. The van der Waals surface area contributed by atoms with Crippen LogP contribution in [0.4, 0.5) is 20.7 Å². The van der Waals surface area contributed by atoms with E-state index in [-0.39, 0.29) is 24.1 Å². The molecule has 1 aromatic heterocycles. The maximum atomic E-state index is 14.1. The lowest BCUT2D eigenvalue weighted by atomic mass is 9.74. The minimum absolute atomic E-state index is 0.0238. The number of amides is 2. The van der Waals surface area contributed by atoms with Gasteiger partial charge in [0, 0.05) is 30.7 Å². The number of carbonyl (C=O) groups excluding carboxylic acids is 1. The zero-order valence-electron chi connectivity index (χ0n) is 18.8. The lowest BCUT2D eigenvalue weighted by Crippen LogP contribution is -2.49. The number of nitrogens with zero attached hydrogens (tertiary/aromatic N) is 4. The number of imidazole rings is 1. The second kappa shape index (κ2) is 8.43. The minimum atomic E-state index is -3.48. The summed E-state index contributed by atoms with van der Waals surface area (Å²) in [7, 11) is -3.48. The molecule has 0 saturated carbocycles. The molecule has 34 heavy (non-hydrogen) atoms. The van der Waals surface area contributed by atoms with Gasteiger partial charge in [-0.3, -0.25) is 9.62 Å². The molecule has 0 bridgehead atoms. The van der Waals surface area contributed by atoms with Crippen LogP contribution < -0.4 is 9.62 Å². The molecule has 178 valence electrons. The quantitative estimate of drug-likeness (QED) is 0.612. The Morgan fingerprint density at radius 2 is 1.88 bits per heavy atom. The highest BCUT2D eigenvalue weighted by Crippen LogP contribution is 2.48. The number of hydrogen-bond acceptors (Lipinski definition) is 4. The van der Waals surface area contributed by atoms with E-state index in [1.807, 2.05) is 34.9 Å². The molecule has 5 rings (SSSR count). The van der Waals surface area contributed by atoms with Crippen LogP contribution in [0.1, 0.15) is 25.3 Å². The van der Waals surface area contributed by atoms with Gasteiger partial charge in [0.2, 0.25) is 10.0 Å². The molecule has 1 saturated heterocycles. The Morgan fingerprint density at radius 3 is 2.59 bits per heavy atom. The summed E-state index contributed by atoms with van der Waals surface area (Å²) < 4.78 is 42.8. The number of rotatable bonds is 4. The number of piperidine rings is 1. The van der Waals surface area contributed by atoms with Crippen molar-refractivity contribution in [2.75, 3.05) is 35.0 Å². The Hall–Kier alpha value is -3.40. The molecule has 1 spiro atoms. The van der Waals surface area contributed by atoms with Gasteiger partial charge < -0.3 is 9.47 Å². The van der Waals surface area contributed by atoms with Crippen molar-refractivity contribution in [1.29, 1.82) is 0 Å². The first-order valence-corrected chi connectivity index (χ1v) is 12.9. The fourth-order valence-electron chi connectivity index (χ4n) is 4.88. The fraction of sp³-hybridized carbons (Fsp3) is 0.333. The first-order valence-electron chi connectivity index (χ1n) is 11.3. The van der Waals surface area contributed by atoms with Crippen molar-refractivity contribution in [2.24, 2.45) is 0 Å². The van der Waals surface area contributed by atoms with Crippen molar-refractivity contribution in [3.63, 3.8) is 0 Å². The van der Waals surface area contributed by atoms with Gasteiger partial charge in [-0.2, -0.15) is 0 Å². The van der Waals surface area contributed by atoms with Crippen LogP contribution in [-0.4, -0.2) is 54.3 Å². The highest BCUT2D eigenvalue weighted by atomic mass is 32.2. The second-order valence-corrected chi connectivity index (χ2v) is 10.9. The molecule has 0 unspecified atom stereocenters. The van der Waals surface area contributed by atoms with Crippen LogP contribution in [-0.2, 0) is 15.4 Å². The third kappa shape index (κ3) is 3.91. The highest BCUT2D eigenvalue weighted by Gasteiger charge is 2.48. The Morgan fingerprint density at radius 1 is 1.15 bits per heavy atom. The standard InChI is InChI=1S/C24H26FN5O3S/c1-2-34(32,33)30-16-24(20-14-18(25)8-9-21(20)30)10-12-28(13-11-24)23(31)27-22-15-29(17-26-22)19-6-4-3-5-7-19/h3-9,14-15,17H,2,10-13,16H2,1H3,(H,27,31). The van der Waals surface area contributed by atoms with Crippen molar-refractivity contribution in [3.05, 3.63) is 72.4 Å². The molecular weight excluding hydrogens is 457 g/mol. The number of anilines is 2. The van der Waals surface area contributed by atoms with Crippen molar-refractivity contribution >= 4 is 27.6 Å². The number of aromatic nitrogens is 2. The van der Waals surface area contributed by atoms with Crippen molar-refractivity contribution < 1.29 is 17.6 Å². The number of nitrogens with one attached hydrogen (secondary N) is 1. The molecule has 3 aromatic rings. The zero-order chi connectivity index (χ0) is 23.9. The summed E-state index contributed by atoms with van der Waals surface area (Å²) in [6, 6.07) is 13.7. The normalized spacial score (nSPS) is 17.1. The summed E-state index contributed by atoms with van der Waals surface area (Å²) in [5.74, 6) is 0.0371. The highest BCUT2D eigenvalue weighted by molar-refractivity contribution is 7.92. The predicted molar refractivity (Wildman–Crippen MR) is 128 cm³/mol. The molecule has 0 radical (unpaired) electrons. The molecule has 10 heteroatoms. The van der Waals surface area contributed by atoms with E-state index in [9.17, 15) is 17.6 Å². The Bertz CT molecular complexity index is 1320. The second-order valence-electron chi connectivity index (χ2n) is 8.77. The SMILES string of the molecule is CCS(=O)(=O)N1CC2(CCN(C(=O)Nc3cn(-c4ccccc4)cn3)CC2)c2cc(F)ccc21.